The smallest absolute Gasteiger partial charge is 0.319 e. The molecule has 0 aliphatic heterocycles. The van der Waals surface area contributed by atoms with Crippen molar-refractivity contribution in [1.29, 1.82) is 0 Å². The third-order valence-electron chi connectivity index (χ3n) is 1.73. The molecule has 0 fully saturated rings. The molecule has 0 aromatic carbocycles. The normalized spacial score (nSPS) is 11.9. The van der Waals surface area contributed by atoms with Gasteiger partial charge >= 0.3 is 5.97 Å². The third kappa shape index (κ3) is 6.86. The first kappa shape index (κ1) is 13.4. The molecule has 0 radical (unpaired) electrons. The molecule has 0 saturated heterocycles. The van der Waals surface area contributed by atoms with E-state index in [2.05, 4.69) is 4.74 Å². The molecule has 0 aliphatic carbocycles. The Hall–Kier alpha value is -0.610. The second-order valence-corrected chi connectivity index (χ2v) is 4.10. The molecule has 0 aromatic heterocycles. The van der Waals surface area contributed by atoms with Crippen LogP contribution in [0.25, 0.3) is 0 Å². The first-order chi connectivity index (χ1) is 6.39. The second-order valence-electron chi connectivity index (χ2n) is 4.10. The number of nitrogens with zero attached hydrogens (tertiary/aromatic N) is 1. The Balaban J connectivity index is 4.08. The highest BCUT2D eigenvalue weighted by molar-refractivity contribution is 5.71. The number of carbonyl (C=O) groups is 1. The van der Waals surface area contributed by atoms with E-state index in [0.29, 0.717) is 6.54 Å². The Morgan fingerprint density at radius 2 is 2.07 bits per heavy atom. The van der Waals surface area contributed by atoms with Gasteiger partial charge in [-0.15, -0.1) is 0 Å². The fourth-order valence-electron chi connectivity index (χ4n) is 1.32. The van der Waals surface area contributed by atoms with Gasteiger partial charge in [-0.1, -0.05) is 6.92 Å². The van der Waals surface area contributed by atoms with Gasteiger partial charge in [-0.05, 0) is 26.8 Å². The largest absolute Gasteiger partial charge is 0.468 e. The van der Waals surface area contributed by atoms with Crippen LogP contribution >= 0.6 is 0 Å². The minimum Gasteiger partial charge on any atom is -0.468 e. The Morgan fingerprint density at radius 1 is 1.50 bits per heavy atom. The van der Waals surface area contributed by atoms with E-state index >= 15 is 0 Å². The van der Waals surface area contributed by atoms with E-state index in [9.17, 15) is 9.90 Å². The Kier molecular flexibility index (Phi) is 5.72. The van der Waals surface area contributed by atoms with Gasteiger partial charge in [0, 0.05) is 6.54 Å². The van der Waals surface area contributed by atoms with Gasteiger partial charge in [0.15, 0.2) is 0 Å². The zero-order valence-corrected chi connectivity index (χ0v) is 9.54. The van der Waals surface area contributed by atoms with Crippen LogP contribution in [0.2, 0.25) is 0 Å². The molecule has 0 heterocycles. The number of ether oxygens (including phenoxy) is 1. The minimum atomic E-state index is -0.775. The highest BCUT2D eigenvalue weighted by Crippen LogP contribution is 2.05. The SMILES string of the molecule is CCCN(CC(=O)OC)CC(C)(C)O. The Morgan fingerprint density at radius 3 is 2.43 bits per heavy atom. The molecule has 0 aliphatic rings. The van der Waals surface area contributed by atoms with Crippen molar-refractivity contribution in [3.8, 4) is 0 Å². The molecular formula is C10H21NO3. The van der Waals surface area contributed by atoms with Gasteiger partial charge in [-0.2, -0.15) is 0 Å². The van der Waals surface area contributed by atoms with Gasteiger partial charge in [0.05, 0.1) is 19.3 Å². The van der Waals surface area contributed by atoms with Crippen LogP contribution < -0.4 is 0 Å². The van der Waals surface area contributed by atoms with Crippen molar-refractivity contribution in [2.45, 2.75) is 32.8 Å². The van der Waals surface area contributed by atoms with Crippen molar-refractivity contribution in [1.82, 2.24) is 4.90 Å². The summed E-state index contributed by atoms with van der Waals surface area (Å²) in [6.45, 7) is 7.01. The van der Waals surface area contributed by atoms with Crippen molar-refractivity contribution in [2.24, 2.45) is 0 Å². The van der Waals surface area contributed by atoms with Crippen LogP contribution in [0.4, 0.5) is 0 Å². The average Bonchev–Trinajstić information content (AvgIpc) is 2.01. The number of esters is 1. The topological polar surface area (TPSA) is 49.8 Å². The summed E-state index contributed by atoms with van der Waals surface area (Å²) < 4.78 is 4.58. The average molecular weight is 203 g/mol. The van der Waals surface area contributed by atoms with E-state index in [1.54, 1.807) is 13.8 Å². The first-order valence-corrected chi connectivity index (χ1v) is 4.90. The highest BCUT2D eigenvalue weighted by atomic mass is 16.5. The lowest BCUT2D eigenvalue weighted by atomic mass is 10.1. The van der Waals surface area contributed by atoms with Crippen LogP contribution in [0.1, 0.15) is 27.2 Å². The van der Waals surface area contributed by atoms with Gasteiger partial charge in [0.25, 0.3) is 0 Å². The molecule has 84 valence electrons. The predicted octanol–water partition coefficient (Wildman–Crippen LogP) is 0.642. The van der Waals surface area contributed by atoms with Gasteiger partial charge < -0.3 is 9.84 Å². The van der Waals surface area contributed by atoms with E-state index in [1.165, 1.54) is 7.11 Å². The lowest BCUT2D eigenvalue weighted by Crippen LogP contribution is -2.41. The third-order valence-corrected chi connectivity index (χ3v) is 1.73. The second kappa shape index (κ2) is 5.98. The lowest BCUT2D eigenvalue weighted by Gasteiger charge is -2.27. The molecule has 0 aromatic rings. The summed E-state index contributed by atoms with van der Waals surface area (Å²) in [4.78, 5) is 12.9. The molecule has 4 nitrogen and oxygen atoms in total. The molecule has 0 atom stereocenters. The maximum absolute atomic E-state index is 11.0. The molecule has 0 amide bonds. The number of rotatable bonds is 6. The van der Waals surface area contributed by atoms with Crippen molar-refractivity contribution in [2.75, 3.05) is 26.7 Å². The lowest BCUT2D eigenvalue weighted by molar-refractivity contribution is -0.142. The standard InChI is InChI=1S/C10H21NO3/c1-5-6-11(7-9(12)14-4)8-10(2,3)13/h13H,5-8H2,1-4H3. The predicted molar refractivity (Wildman–Crippen MR) is 55.0 cm³/mol. The molecule has 0 saturated carbocycles. The van der Waals surface area contributed by atoms with E-state index in [-0.39, 0.29) is 12.5 Å². The molecule has 0 rings (SSSR count). The summed E-state index contributed by atoms with van der Waals surface area (Å²) in [5.41, 5.74) is -0.775. The first-order valence-electron chi connectivity index (χ1n) is 4.90. The number of aliphatic hydroxyl groups is 1. The number of hydrogen-bond acceptors (Lipinski definition) is 4. The maximum atomic E-state index is 11.0. The van der Waals surface area contributed by atoms with Crippen LogP contribution in [0.15, 0.2) is 0 Å². The molecule has 0 spiro atoms. The van der Waals surface area contributed by atoms with Gasteiger partial charge in [0.1, 0.15) is 0 Å². The Bertz CT molecular complexity index is 175. The monoisotopic (exact) mass is 203 g/mol. The minimum absolute atomic E-state index is 0.244. The molecule has 0 unspecified atom stereocenters. The fourth-order valence-corrected chi connectivity index (χ4v) is 1.32. The zero-order valence-electron chi connectivity index (χ0n) is 9.54. The van der Waals surface area contributed by atoms with Crippen molar-refractivity contribution >= 4 is 5.97 Å². The molecule has 4 heteroatoms. The number of methoxy groups -OCH3 is 1. The number of carbonyl (C=O) groups excluding carboxylic acids is 1. The van der Waals surface area contributed by atoms with Crippen LogP contribution in [0, 0.1) is 0 Å². The van der Waals surface area contributed by atoms with Crippen molar-refractivity contribution in [3.05, 3.63) is 0 Å². The van der Waals surface area contributed by atoms with E-state index < -0.39 is 5.60 Å². The highest BCUT2D eigenvalue weighted by Gasteiger charge is 2.19. The quantitative estimate of drug-likeness (QED) is 0.644. The summed E-state index contributed by atoms with van der Waals surface area (Å²) in [5, 5.41) is 9.61. The van der Waals surface area contributed by atoms with Gasteiger partial charge in [0.2, 0.25) is 0 Å². The molecule has 1 N–H and O–H groups in total. The summed E-state index contributed by atoms with van der Waals surface area (Å²) in [5.74, 6) is -0.261. The molecule has 14 heavy (non-hydrogen) atoms. The van der Waals surface area contributed by atoms with Crippen LogP contribution in [0.3, 0.4) is 0 Å². The fraction of sp³-hybridized carbons (Fsp3) is 0.900. The Labute approximate surface area is 85.9 Å². The summed E-state index contributed by atoms with van der Waals surface area (Å²) >= 11 is 0. The van der Waals surface area contributed by atoms with Crippen molar-refractivity contribution < 1.29 is 14.6 Å². The van der Waals surface area contributed by atoms with Crippen LogP contribution in [-0.4, -0.2) is 48.3 Å². The van der Waals surface area contributed by atoms with Crippen LogP contribution in [-0.2, 0) is 9.53 Å². The molecule has 0 bridgehead atoms. The van der Waals surface area contributed by atoms with Gasteiger partial charge in [-0.25, -0.2) is 0 Å². The van der Waals surface area contributed by atoms with Crippen LogP contribution in [0.5, 0.6) is 0 Å². The summed E-state index contributed by atoms with van der Waals surface area (Å²) in [6, 6.07) is 0. The van der Waals surface area contributed by atoms with Gasteiger partial charge in [-0.3, -0.25) is 9.69 Å². The number of hydrogen-bond donors (Lipinski definition) is 1. The zero-order chi connectivity index (χ0) is 11.2. The molecular weight excluding hydrogens is 182 g/mol. The summed E-state index contributed by atoms with van der Waals surface area (Å²) in [7, 11) is 1.37. The summed E-state index contributed by atoms with van der Waals surface area (Å²) in [6.07, 6.45) is 0.951. The van der Waals surface area contributed by atoms with E-state index in [0.717, 1.165) is 13.0 Å². The van der Waals surface area contributed by atoms with E-state index in [1.807, 2.05) is 11.8 Å². The van der Waals surface area contributed by atoms with Crippen molar-refractivity contribution in [3.63, 3.8) is 0 Å². The van der Waals surface area contributed by atoms with E-state index in [4.69, 9.17) is 0 Å². The maximum Gasteiger partial charge on any atom is 0.319 e.